The van der Waals surface area contributed by atoms with Crippen molar-refractivity contribution in [3.8, 4) is 11.1 Å². The molecule has 32 heavy (non-hydrogen) atoms. The Morgan fingerprint density at radius 3 is 2.59 bits per heavy atom. The number of halogens is 1. The fourth-order valence-corrected chi connectivity index (χ4v) is 4.07. The number of nitrogens with zero attached hydrogens (tertiary/aromatic N) is 5. The molecule has 0 spiro atoms. The number of hydrogen-bond donors (Lipinski definition) is 1. The van der Waals surface area contributed by atoms with Gasteiger partial charge in [-0.05, 0) is 35.9 Å². The summed E-state index contributed by atoms with van der Waals surface area (Å²) < 4.78 is 18.4. The van der Waals surface area contributed by atoms with Gasteiger partial charge in [-0.3, -0.25) is 14.2 Å². The zero-order chi connectivity index (χ0) is 22.4. The van der Waals surface area contributed by atoms with Crippen molar-refractivity contribution in [3.05, 3.63) is 72.7 Å². The maximum absolute atomic E-state index is 15.2. The van der Waals surface area contributed by atoms with E-state index in [1.165, 1.54) is 10.7 Å². The van der Waals surface area contributed by atoms with Crippen molar-refractivity contribution in [1.29, 1.82) is 0 Å². The molecular formula is C24H20FN5O2. The number of para-hydroxylation sites is 1. The lowest BCUT2D eigenvalue weighted by Gasteiger charge is -2.18. The van der Waals surface area contributed by atoms with Gasteiger partial charge in [0.2, 0.25) is 0 Å². The first-order chi connectivity index (χ1) is 15.4. The van der Waals surface area contributed by atoms with Crippen molar-refractivity contribution in [3.63, 3.8) is 0 Å². The molecule has 0 atom stereocenters. The Labute approximate surface area is 182 Å². The molecule has 0 unspecified atom stereocenters. The summed E-state index contributed by atoms with van der Waals surface area (Å²) in [5.41, 5.74) is 3.34. The molecule has 1 N–H and O–H groups in total. The van der Waals surface area contributed by atoms with Crippen LogP contribution in [-0.2, 0) is 18.4 Å². The predicted octanol–water partition coefficient (Wildman–Crippen LogP) is 4.58. The third-order valence-electron chi connectivity index (χ3n) is 5.63. The smallest absolute Gasteiger partial charge is 0.325 e. The summed E-state index contributed by atoms with van der Waals surface area (Å²) in [6, 6.07) is 18.3. The van der Waals surface area contributed by atoms with Gasteiger partial charge in [0.05, 0.1) is 22.6 Å². The topological polar surface area (TPSA) is 76.2 Å². The van der Waals surface area contributed by atoms with Crippen LogP contribution < -0.4 is 4.90 Å². The molecule has 5 rings (SSSR count). The molecule has 0 saturated carbocycles. The highest BCUT2D eigenvalue weighted by atomic mass is 19.1. The van der Waals surface area contributed by atoms with Gasteiger partial charge < -0.3 is 10.0 Å². The van der Waals surface area contributed by atoms with E-state index in [9.17, 15) is 9.90 Å². The third kappa shape index (κ3) is 3.17. The predicted molar refractivity (Wildman–Crippen MR) is 122 cm³/mol. The number of fused-ring (bicyclic) bond motifs is 2. The van der Waals surface area contributed by atoms with Crippen LogP contribution in [0.15, 0.2) is 66.9 Å². The monoisotopic (exact) mass is 429 g/mol. The van der Waals surface area contributed by atoms with Gasteiger partial charge in [0.25, 0.3) is 0 Å². The number of carboxylic acid groups (broad SMARTS) is 1. The van der Waals surface area contributed by atoms with E-state index in [1.807, 2.05) is 55.4 Å². The summed E-state index contributed by atoms with van der Waals surface area (Å²) in [6.07, 6.45) is 1.63. The summed E-state index contributed by atoms with van der Waals surface area (Å²) in [5.74, 6) is -0.832. The molecule has 160 valence electrons. The van der Waals surface area contributed by atoms with E-state index < -0.39 is 5.97 Å². The maximum atomic E-state index is 15.2. The highest BCUT2D eigenvalue weighted by Gasteiger charge is 2.22. The highest BCUT2D eigenvalue weighted by Crippen LogP contribution is 2.39. The lowest BCUT2D eigenvalue weighted by molar-refractivity contribution is -0.137. The molecule has 0 amide bonds. The molecule has 2 aromatic heterocycles. The van der Waals surface area contributed by atoms with E-state index in [4.69, 9.17) is 0 Å². The minimum atomic E-state index is -1.00. The molecule has 0 bridgehead atoms. The highest BCUT2D eigenvalue weighted by molar-refractivity contribution is 6.05. The van der Waals surface area contributed by atoms with Gasteiger partial charge in [-0.15, -0.1) is 0 Å². The molecule has 8 heteroatoms. The van der Waals surface area contributed by atoms with Crippen LogP contribution >= 0.6 is 0 Å². The number of aryl methyl sites for hydroxylation is 1. The Morgan fingerprint density at radius 2 is 1.84 bits per heavy atom. The number of rotatable bonds is 5. The zero-order valence-corrected chi connectivity index (χ0v) is 17.5. The van der Waals surface area contributed by atoms with Crippen LogP contribution in [-0.4, -0.2) is 37.7 Å². The molecule has 7 nitrogen and oxygen atoms in total. The van der Waals surface area contributed by atoms with Crippen molar-refractivity contribution < 1.29 is 14.3 Å². The molecule has 0 aliphatic heterocycles. The minimum Gasteiger partial charge on any atom is -0.480 e. The Balaban J connectivity index is 1.81. The van der Waals surface area contributed by atoms with Gasteiger partial charge >= 0.3 is 5.97 Å². The summed E-state index contributed by atoms with van der Waals surface area (Å²) in [7, 11) is 3.67. The molecule has 0 aliphatic carbocycles. The van der Waals surface area contributed by atoms with Crippen LogP contribution in [0.4, 0.5) is 15.9 Å². The van der Waals surface area contributed by atoms with Crippen molar-refractivity contribution in [2.75, 3.05) is 11.9 Å². The van der Waals surface area contributed by atoms with Crippen LogP contribution in [0.3, 0.4) is 0 Å². The van der Waals surface area contributed by atoms with Crippen molar-refractivity contribution in [1.82, 2.24) is 19.6 Å². The number of carbonyl (C=O) groups is 1. The largest absolute Gasteiger partial charge is 0.480 e. The average molecular weight is 429 g/mol. The van der Waals surface area contributed by atoms with Gasteiger partial charge in [-0.1, -0.05) is 30.3 Å². The summed E-state index contributed by atoms with van der Waals surface area (Å²) in [5, 5.41) is 19.6. The Kier molecular flexibility index (Phi) is 4.62. The molecule has 5 aromatic rings. The van der Waals surface area contributed by atoms with E-state index in [0.717, 1.165) is 11.2 Å². The summed E-state index contributed by atoms with van der Waals surface area (Å²) in [6.45, 7) is -0.300. The number of anilines is 2. The molecule has 0 fully saturated rings. The molecule has 3 aromatic carbocycles. The van der Waals surface area contributed by atoms with Crippen LogP contribution in [0, 0.1) is 5.82 Å². The standard InChI is InChI=1S/C24H20FN5O2/c1-28(16-7-4-3-5-8-16)24-23-17(9-6-10-20(23)30(27-24)14-22(31)32)18-12-21-15(11-19(18)25)13-26-29(21)2/h3-13H,14H2,1-2H3,(H,31,32). The first kappa shape index (κ1) is 19.7. The Bertz CT molecular complexity index is 1470. The molecule has 0 radical (unpaired) electrons. The Hall–Kier alpha value is -4.20. The van der Waals surface area contributed by atoms with Crippen molar-refractivity contribution in [2.45, 2.75) is 6.54 Å². The van der Waals surface area contributed by atoms with E-state index in [0.29, 0.717) is 33.2 Å². The van der Waals surface area contributed by atoms with Crippen LogP contribution in [0.2, 0.25) is 0 Å². The second-order valence-electron chi connectivity index (χ2n) is 7.63. The normalized spacial score (nSPS) is 11.3. The van der Waals surface area contributed by atoms with Gasteiger partial charge in [0, 0.05) is 30.7 Å². The second kappa shape index (κ2) is 7.49. The third-order valence-corrected chi connectivity index (χ3v) is 5.63. The molecular weight excluding hydrogens is 409 g/mol. The first-order valence-corrected chi connectivity index (χ1v) is 10.1. The van der Waals surface area contributed by atoms with Gasteiger partial charge in [0.15, 0.2) is 5.82 Å². The number of aliphatic carboxylic acids is 1. The average Bonchev–Trinajstić information content (AvgIpc) is 3.33. The fourth-order valence-electron chi connectivity index (χ4n) is 4.07. The quantitative estimate of drug-likeness (QED) is 0.443. The zero-order valence-electron chi connectivity index (χ0n) is 17.5. The summed E-state index contributed by atoms with van der Waals surface area (Å²) >= 11 is 0. The van der Waals surface area contributed by atoms with Gasteiger partial charge in [0.1, 0.15) is 12.4 Å². The number of aromatic nitrogens is 4. The molecule has 0 saturated heterocycles. The second-order valence-corrected chi connectivity index (χ2v) is 7.63. The summed E-state index contributed by atoms with van der Waals surface area (Å²) in [4.78, 5) is 13.4. The first-order valence-electron chi connectivity index (χ1n) is 10.1. The lowest BCUT2D eigenvalue weighted by atomic mass is 9.99. The molecule has 2 heterocycles. The van der Waals surface area contributed by atoms with Gasteiger partial charge in [-0.25, -0.2) is 4.39 Å². The van der Waals surface area contributed by atoms with E-state index in [-0.39, 0.29) is 12.4 Å². The van der Waals surface area contributed by atoms with Crippen molar-refractivity contribution >= 4 is 39.3 Å². The van der Waals surface area contributed by atoms with Crippen molar-refractivity contribution in [2.24, 2.45) is 7.05 Å². The maximum Gasteiger partial charge on any atom is 0.325 e. The van der Waals surface area contributed by atoms with E-state index in [2.05, 4.69) is 10.2 Å². The number of carboxylic acids is 1. The Morgan fingerprint density at radius 1 is 1.06 bits per heavy atom. The van der Waals surface area contributed by atoms with Gasteiger partial charge in [-0.2, -0.15) is 10.2 Å². The number of hydrogen-bond acceptors (Lipinski definition) is 4. The fraction of sp³-hybridized carbons (Fsp3) is 0.125. The van der Waals surface area contributed by atoms with Crippen LogP contribution in [0.5, 0.6) is 0 Å². The van der Waals surface area contributed by atoms with Crippen LogP contribution in [0.1, 0.15) is 0 Å². The minimum absolute atomic E-state index is 0.300. The lowest BCUT2D eigenvalue weighted by Crippen LogP contribution is -2.13. The SMILES string of the molecule is CN(c1ccccc1)c1nn(CC(=O)O)c2cccc(-c3cc4c(cnn4C)cc3F)c12. The van der Waals surface area contributed by atoms with Crippen LogP contribution in [0.25, 0.3) is 32.9 Å². The number of benzene rings is 3. The van der Waals surface area contributed by atoms with E-state index in [1.54, 1.807) is 29.1 Å². The molecule has 0 aliphatic rings. The van der Waals surface area contributed by atoms with E-state index >= 15 is 4.39 Å².